The average Bonchev–Trinajstić information content (AvgIpc) is 3.15. The molecule has 1 heterocycles. The minimum Gasteiger partial charge on any atom is -0.495 e. The summed E-state index contributed by atoms with van der Waals surface area (Å²) in [6, 6.07) is 17.6. The van der Waals surface area contributed by atoms with Crippen LogP contribution in [0.15, 0.2) is 71.6 Å². The highest BCUT2D eigenvalue weighted by molar-refractivity contribution is 14.1. The summed E-state index contributed by atoms with van der Waals surface area (Å²) in [6.45, 7) is -0.283. The molecule has 3 aromatic carbocycles. The number of ether oxygens (including phenoxy) is 2. The molecule has 39 heavy (non-hydrogen) atoms. The Kier molecular flexibility index (Phi) is 8.85. The van der Waals surface area contributed by atoms with Crippen molar-refractivity contribution in [2.24, 2.45) is 0 Å². The molecular formula is C27H20F3IN2O5S. The van der Waals surface area contributed by atoms with Crippen molar-refractivity contribution in [1.82, 2.24) is 4.90 Å². The summed E-state index contributed by atoms with van der Waals surface area (Å²) >= 11 is 2.78. The standard InChI is InChI=1S/C27H20F3IN2O5S/c1-37-22-10-8-18(27(28,29)30)13-20(22)32-24(34)14-33-25(35)23(39-26(33)36)12-17-7-9-21(19(31)11-17)38-15-16-5-3-2-4-6-16/h2-13H,14-15H2,1H3,(H,32,34)/b23-12-. The van der Waals surface area contributed by atoms with Crippen LogP contribution in [0, 0.1) is 3.57 Å². The van der Waals surface area contributed by atoms with Crippen molar-refractivity contribution >= 4 is 63.2 Å². The van der Waals surface area contributed by atoms with Crippen LogP contribution in [-0.4, -0.2) is 35.6 Å². The lowest BCUT2D eigenvalue weighted by Gasteiger charge is -2.16. The number of thioether (sulfide) groups is 1. The molecule has 1 saturated heterocycles. The first-order valence-electron chi connectivity index (χ1n) is 11.3. The van der Waals surface area contributed by atoms with Gasteiger partial charge >= 0.3 is 6.18 Å². The van der Waals surface area contributed by atoms with Crippen LogP contribution in [0.2, 0.25) is 0 Å². The maximum atomic E-state index is 13.1. The first-order valence-corrected chi connectivity index (χ1v) is 13.2. The Bertz CT molecular complexity index is 1450. The molecule has 1 aliphatic rings. The van der Waals surface area contributed by atoms with Gasteiger partial charge in [0.15, 0.2) is 0 Å². The zero-order valence-electron chi connectivity index (χ0n) is 20.3. The van der Waals surface area contributed by atoms with E-state index in [1.807, 2.05) is 30.3 Å². The van der Waals surface area contributed by atoms with Gasteiger partial charge in [-0.1, -0.05) is 36.4 Å². The minimum atomic E-state index is -4.63. The van der Waals surface area contributed by atoms with E-state index in [1.54, 1.807) is 18.2 Å². The Hall–Kier alpha value is -3.52. The van der Waals surface area contributed by atoms with Gasteiger partial charge in [-0.2, -0.15) is 13.2 Å². The molecule has 0 aliphatic carbocycles. The zero-order chi connectivity index (χ0) is 28.2. The maximum Gasteiger partial charge on any atom is 0.416 e. The molecular weight excluding hydrogens is 648 g/mol. The Balaban J connectivity index is 1.42. The number of amides is 3. The number of methoxy groups -OCH3 is 1. The van der Waals surface area contributed by atoms with Gasteiger partial charge in [-0.15, -0.1) is 0 Å². The molecule has 0 aromatic heterocycles. The van der Waals surface area contributed by atoms with Crippen molar-refractivity contribution in [1.29, 1.82) is 0 Å². The summed E-state index contributed by atoms with van der Waals surface area (Å²) in [5, 5.41) is 1.62. The van der Waals surface area contributed by atoms with E-state index in [0.717, 1.165) is 32.2 Å². The number of hydrogen-bond donors (Lipinski definition) is 1. The summed E-state index contributed by atoms with van der Waals surface area (Å²) in [4.78, 5) is 38.7. The second-order valence-electron chi connectivity index (χ2n) is 8.19. The van der Waals surface area contributed by atoms with E-state index in [9.17, 15) is 27.6 Å². The number of nitrogens with zero attached hydrogens (tertiary/aromatic N) is 1. The van der Waals surface area contributed by atoms with Crippen molar-refractivity contribution in [3.63, 3.8) is 0 Å². The van der Waals surface area contributed by atoms with E-state index in [1.165, 1.54) is 13.2 Å². The fourth-order valence-electron chi connectivity index (χ4n) is 3.56. The van der Waals surface area contributed by atoms with Crippen LogP contribution in [0.4, 0.5) is 23.7 Å². The molecule has 1 fully saturated rings. The molecule has 0 unspecified atom stereocenters. The lowest BCUT2D eigenvalue weighted by Crippen LogP contribution is -2.36. The smallest absolute Gasteiger partial charge is 0.416 e. The Morgan fingerprint density at radius 1 is 1.05 bits per heavy atom. The Labute approximate surface area is 239 Å². The third-order valence-corrected chi connectivity index (χ3v) is 7.22. The maximum absolute atomic E-state index is 13.1. The fourth-order valence-corrected chi connectivity index (χ4v) is 5.10. The second-order valence-corrected chi connectivity index (χ2v) is 10.3. The minimum absolute atomic E-state index is 0.00353. The van der Waals surface area contributed by atoms with E-state index < -0.39 is 35.3 Å². The summed E-state index contributed by atoms with van der Waals surface area (Å²) in [5.41, 5.74) is 0.444. The van der Waals surface area contributed by atoms with Crippen LogP contribution in [0.25, 0.3) is 6.08 Å². The van der Waals surface area contributed by atoms with Crippen LogP contribution in [0.1, 0.15) is 16.7 Å². The lowest BCUT2D eigenvalue weighted by molar-refractivity contribution is -0.137. The highest BCUT2D eigenvalue weighted by Gasteiger charge is 2.37. The summed E-state index contributed by atoms with van der Waals surface area (Å²) in [6.07, 6.45) is -3.10. The Morgan fingerprint density at radius 2 is 1.77 bits per heavy atom. The fraction of sp³-hybridized carbons (Fsp3) is 0.148. The van der Waals surface area contributed by atoms with Crippen LogP contribution in [0.5, 0.6) is 11.5 Å². The van der Waals surface area contributed by atoms with Crippen LogP contribution < -0.4 is 14.8 Å². The van der Waals surface area contributed by atoms with E-state index in [0.29, 0.717) is 29.7 Å². The SMILES string of the molecule is COc1ccc(C(F)(F)F)cc1NC(=O)CN1C(=O)S/C(=C\c2ccc(OCc3ccccc3)c(I)c2)C1=O. The number of carbonyl (C=O) groups is 3. The molecule has 0 bridgehead atoms. The normalized spacial score (nSPS) is 14.6. The first-order chi connectivity index (χ1) is 18.5. The van der Waals surface area contributed by atoms with Crippen molar-refractivity contribution < 1.29 is 37.0 Å². The molecule has 4 rings (SSSR count). The number of hydrogen-bond acceptors (Lipinski definition) is 6. The third kappa shape index (κ3) is 7.12. The zero-order valence-corrected chi connectivity index (χ0v) is 23.2. The largest absolute Gasteiger partial charge is 0.495 e. The van der Waals surface area contributed by atoms with E-state index >= 15 is 0 Å². The molecule has 1 N–H and O–H groups in total. The van der Waals surface area contributed by atoms with Crippen molar-refractivity contribution in [3.05, 3.63) is 91.9 Å². The molecule has 0 radical (unpaired) electrons. The molecule has 12 heteroatoms. The summed E-state index contributed by atoms with van der Waals surface area (Å²) in [7, 11) is 1.24. The molecule has 0 atom stereocenters. The van der Waals surface area contributed by atoms with Gasteiger partial charge in [0, 0.05) is 0 Å². The van der Waals surface area contributed by atoms with Gasteiger partial charge in [0.2, 0.25) is 5.91 Å². The molecule has 202 valence electrons. The number of benzene rings is 3. The van der Waals surface area contributed by atoms with E-state index in [4.69, 9.17) is 9.47 Å². The molecule has 3 aromatic rings. The summed E-state index contributed by atoms with van der Waals surface area (Å²) in [5.74, 6) is -0.885. The van der Waals surface area contributed by atoms with Gasteiger partial charge in [0.05, 0.1) is 26.8 Å². The van der Waals surface area contributed by atoms with Crippen LogP contribution in [-0.2, 0) is 22.4 Å². The number of rotatable bonds is 8. The van der Waals surface area contributed by atoms with Gasteiger partial charge in [-0.25, -0.2) is 0 Å². The van der Waals surface area contributed by atoms with Crippen molar-refractivity contribution in [3.8, 4) is 11.5 Å². The van der Waals surface area contributed by atoms with E-state index in [-0.39, 0.29) is 16.3 Å². The first kappa shape index (κ1) is 28.5. The number of carbonyl (C=O) groups excluding carboxylic acids is 3. The average molecular weight is 668 g/mol. The van der Waals surface area contributed by atoms with Crippen LogP contribution >= 0.6 is 34.4 Å². The van der Waals surface area contributed by atoms with Gasteiger partial charge in [0.1, 0.15) is 24.7 Å². The topological polar surface area (TPSA) is 84.9 Å². The molecule has 7 nitrogen and oxygen atoms in total. The number of nitrogens with one attached hydrogen (secondary N) is 1. The van der Waals surface area contributed by atoms with Gasteiger partial charge in [-0.3, -0.25) is 19.3 Å². The highest BCUT2D eigenvalue weighted by Crippen LogP contribution is 2.36. The quantitative estimate of drug-likeness (QED) is 0.216. The van der Waals surface area contributed by atoms with Gasteiger partial charge in [0.25, 0.3) is 11.1 Å². The van der Waals surface area contributed by atoms with Gasteiger partial charge in [-0.05, 0) is 81.9 Å². The highest BCUT2D eigenvalue weighted by atomic mass is 127. The number of imide groups is 1. The third-order valence-electron chi connectivity index (χ3n) is 5.47. The number of anilines is 1. The monoisotopic (exact) mass is 668 g/mol. The summed E-state index contributed by atoms with van der Waals surface area (Å²) < 4.78 is 50.9. The number of halogens is 4. The predicted octanol–water partition coefficient (Wildman–Crippen LogP) is 6.57. The molecule has 1 aliphatic heterocycles. The van der Waals surface area contributed by atoms with E-state index in [2.05, 4.69) is 27.9 Å². The molecule has 0 spiro atoms. The Morgan fingerprint density at radius 3 is 2.44 bits per heavy atom. The molecule has 3 amide bonds. The van der Waals surface area contributed by atoms with Crippen molar-refractivity contribution in [2.45, 2.75) is 12.8 Å². The predicted molar refractivity (Wildman–Crippen MR) is 149 cm³/mol. The second kappa shape index (κ2) is 12.1. The van der Waals surface area contributed by atoms with Crippen LogP contribution in [0.3, 0.4) is 0 Å². The number of alkyl halides is 3. The molecule has 0 saturated carbocycles. The van der Waals surface area contributed by atoms with Gasteiger partial charge < -0.3 is 14.8 Å². The lowest BCUT2D eigenvalue weighted by atomic mass is 10.1. The van der Waals surface area contributed by atoms with Crippen molar-refractivity contribution in [2.75, 3.05) is 19.0 Å².